The Morgan fingerprint density at radius 1 is 1.10 bits per heavy atom. The minimum atomic E-state index is -0.718. The van der Waals surface area contributed by atoms with Gasteiger partial charge in [-0.15, -0.1) is 0 Å². The molecule has 1 aromatic heterocycles. The lowest BCUT2D eigenvalue weighted by atomic mass is 9.96. The fourth-order valence-corrected chi connectivity index (χ4v) is 6.23. The van der Waals surface area contributed by atoms with E-state index >= 15 is 0 Å². The number of carbonyl (C=O) groups is 2. The molecule has 3 heterocycles. The van der Waals surface area contributed by atoms with Crippen molar-refractivity contribution in [2.24, 2.45) is 0 Å². The molecular formula is C29H42N4O6. The summed E-state index contributed by atoms with van der Waals surface area (Å²) < 4.78 is 12.1. The molecule has 2 fully saturated rings. The molecule has 39 heavy (non-hydrogen) atoms. The average molecular weight is 543 g/mol. The standard InChI is InChI=1S/C29H42N4O6/c1-18(2)33-26-9-7-6-8-20(26)12-25(29(33)37)28(36)30-21-13-22-10-11-23(14-21)32(22)16-24(35)15-31(19(3)34)17-27(38-4)39-5/h6-9,12,18,21-24,27,35H,10-11,13-17H2,1-5H3,(H,30,36). The summed E-state index contributed by atoms with van der Waals surface area (Å²) in [5.74, 6) is -0.483. The molecule has 3 unspecified atom stereocenters. The number of para-hydroxylation sites is 1. The first kappa shape index (κ1) is 29.2. The van der Waals surface area contributed by atoms with E-state index in [9.17, 15) is 19.5 Å². The Kier molecular flexibility index (Phi) is 9.43. The number of aliphatic hydroxyl groups is 1. The van der Waals surface area contributed by atoms with Gasteiger partial charge in [0, 0.05) is 58.4 Å². The Labute approximate surface area is 229 Å². The molecular weight excluding hydrogens is 500 g/mol. The Balaban J connectivity index is 1.40. The molecule has 2 saturated heterocycles. The highest BCUT2D eigenvalue weighted by Gasteiger charge is 2.42. The molecule has 2 amide bonds. The first-order chi connectivity index (χ1) is 18.6. The molecule has 4 rings (SSSR count). The Morgan fingerprint density at radius 2 is 1.74 bits per heavy atom. The van der Waals surface area contributed by atoms with Gasteiger partial charge in [-0.25, -0.2) is 0 Å². The van der Waals surface area contributed by atoms with E-state index in [1.54, 1.807) is 15.5 Å². The molecule has 0 aliphatic carbocycles. The number of nitrogens with zero attached hydrogens (tertiary/aromatic N) is 3. The van der Waals surface area contributed by atoms with Crippen LogP contribution in [0.5, 0.6) is 0 Å². The van der Waals surface area contributed by atoms with E-state index in [-0.39, 0.29) is 60.2 Å². The summed E-state index contributed by atoms with van der Waals surface area (Å²) in [5, 5.41) is 14.9. The first-order valence-electron chi connectivity index (χ1n) is 13.8. The minimum absolute atomic E-state index is 0.0420. The summed E-state index contributed by atoms with van der Waals surface area (Å²) in [6.07, 6.45) is 2.23. The molecule has 2 N–H and O–H groups in total. The molecule has 10 heteroatoms. The number of fused-ring (bicyclic) bond motifs is 3. The lowest BCUT2D eigenvalue weighted by Crippen LogP contribution is -2.54. The van der Waals surface area contributed by atoms with Crippen molar-refractivity contribution < 1.29 is 24.2 Å². The van der Waals surface area contributed by atoms with Gasteiger partial charge in [-0.1, -0.05) is 18.2 Å². The maximum absolute atomic E-state index is 13.3. The van der Waals surface area contributed by atoms with Crippen LogP contribution in [0.3, 0.4) is 0 Å². The van der Waals surface area contributed by atoms with Crippen LogP contribution in [0.1, 0.15) is 62.9 Å². The first-order valence-corrected chi connectivity index (χ1v) is 13.8. The van der Waals surface area contributed by atoms with E-state index in [0.29, 0.717) is 6.54 Å². The summed E-state index contributed by atoms with van der Waals surface area (Å²) in [5.41, 5.74) is 0.716. The smallest absolute Gasteiger partial charge is 0.264 e. The predicted octanol–water partition coefficient (Wildman–Crippen LogP) is 2.14. The number of hydrogen-bond acceptors (Lipinski definition) is 7. The van der Waals surface area contributed by atoms with Crippen molar-refractivity contribution in [1.82, 2.24) is 19.7 Å². The number of hydrogen-bond donors (Lipinski definition) is 2. The van der Waals surface area contributed by atoms with E-state index in [1.807, 2.05) is 38.1 Å². The lowest BCUT2D eigenvalue weighted by molar-refractivity contribution is -0.146. The van der Waals surface area contributed by atoms with Crippen LogP contribution in [0.2, 0.25) is 0 Å². The monoisotopic (exact) mass is 542 g/mol. The zero-order chi connectivity index (χ0) is 28.3. The zero-order valence-corrected chi connectivity index (χ0v) is 23.6. The van der Waals surface area contributed by atoms with Crippen molar-refractivity contribution in [2.75, 3.05) is 33.9 Å². The van der Waals surface area contributed by atoms with E-state index in [0.717, 1.165) is 36.6 Å². The van der Waals surface area contributed by atoms with Gasteiger partial charge >= 0.3 is 0 Å². The van der Waals surface area contributed by atoms with Gasteiger partial charge in [0.2, 0.25) is 5.91 Å². The Morgan fingerprint density at radius 3 is 2.33 bits per heavy atom. The number of rotatable bonds is 11. The summed E-state index contributed by atoms with van der Waals surface area (Å²) in [7, 11) is 3.03. The third-order valence-corrected chi connectivity index (χ3v) is 8.12. The van der Waals surface area contributed by atoms with Gasteiger partial charge in [-0.05, 0) is 57.0 Å². The van der Waals surface area contributed by atoms with Crippen LogP contribution in [0, 0.1) is 0 Å². The summed E-state index contributed by atoms with van der Waals surface area (Å²) in [6, 6.07) is 9.67. The number of pyridine rings is 1. The molecule has 2 aromatic rings. The number of carbonyl (C=O) groups excluding carboxylic acids is 2. The van der Waals surface area contributed by atoms with Gasteiger partial charge in [-0.3, -0.25) is 19.3 Å². The van der Waals surface area contributed by atoms with Gasteiger partial charge in [0.15, 0.2) is 6.29 Å². The van der Waals surface area contributed by atoms with Crippen LogP contribution >= 0.6 is 0 Å². The number of piperidine rings is 1. The quantitative estimate of drug-likeness (QED) is 0.418. The number of methoxy groups -OCH3 is 2. The van der Waals surface area contributed by atoms with E-state index in [2.05, 4.69) is 10.2 Å². The van der Waals surface area contributed by atoms with Crippen molar-refractivity contribution in [3.05, 3.63) is 46.2 Å². The maximum Gasteiger partial charge on any atom is 0.264 e. The Bertz CT molecular complexity index is 1210. The van der Waals surface area contributed by atoms with Crippen molar-refractivity contribution in [2.45, 2.75) is 83.0 Å². The van der Waals surface area contributed by atoms with Crippen LogP contribution < -0.4 is 10.9 Å². The number of nitrogens with one attached hydrogen (secondary N) is 1. The van der Waals surface area contributed by atoms with Crippen molar-refractivity contribution in [1.29, 1.82) is 0 Å². The number of aliphatic hydroxyl groups excluding tert-OH is 1. The molecule has 0 spiro atoms. The van der Waals surface area contributed by atoms with Crippen molar-refractivity contribution in [3.63, 3.8) is 0 Å². The van der Waals surface area contributed by atoms with E-state index in [4.69, 9.17) is 9.47 Å². The second-order valence-corrected chi connectivity index (χ2v) is 11.1. The van der Waals surface area contributed by atoms with Gasteiger partial charge in [0.25, 0.3) is 11.5 Å². The third-order valence-electron chi connectivity index (χ3n) is 8.12. The third kappa shape index (κ3) is 6.51. The SMILES string of the molecule is COC(CN(CC(O)CN1C2CCC1CC(NC(=O)c1cc3ccccc3n(C(C)C)c1=O)C2)C(C)=O)OC. The molecule has 10 nitrogen and oxygen atoms in total. The van der Waals surface area contributed by atoms with E-state index < -0.39 is 12.4 Å². The predicted molar refractivity (Wildman–Crippen MR) is 149 cm³/mol. The number of benzene rings is 1. The molecule has 0 saturated carbocycles. The second kappa shape index (κ2) is 12.6. The van der Waals surface area contributed by atoms with Gasteiger partial charge in [0.05, 0.1) is 18.2 Å². The van der Waals surface area contributed by atoms with Gasteiger partial charge < -0.3 is 29.4 Å². The van der Waals surface area contributed by atoms with E-state index in [1.165, 1.54) is 21.1 Å². The maximum atomic E-state index is 13.3. The lowest BCUT2D eigenvalue weighted by Gasteiger charge is -2.40. The highest BCUT2D eigenvalue weighted by atomic mass is 16.7. The van der Waals surface area contributed by atoms with Crippen LogP contribution in [-0.4, -0.2) is 95.7 Å². The molecule has 0 radical (unpaired) electrons. The van der Waals surface area contributed by atoms with Crippen LogP contribution in [0.4, 0.5) is 0 Å². The highest BCUT2D eigenvalue weighted by Crippen LogP contribution is 2.36. The number of amides is 2. The highest BCUT2D eigenvalue weighted by molar-refractivity contribution is 5.97. The van der Waals surface area contributed by atoms with Crippen molar-refractivity contribution >= 4 is 22.7 Å². The zero-order valence-electron chi connectivity index (χ0n) is 23.6. The largest absolute Gasteiger partial charge is 0.390 e. The molecule has 2 bridgehead atoms. The molecule has 2 aliphatic rings. The number of aromatic nitrogens is 1. The topological polar surface area (TPSA) is 113 Å². The fourth-order valence-electron chi connectivity index (χ4n) is 6.23. The molecule has 2 aliphatic heterocycles. The minimum Gasteiger partial charge on any atom is -0.390 e. The fraction of sp³-hybridized carbons (Fsp3) is 0.621. The van der Waals surface area contributed by atoms with Crippen molar-refractivity contribution in [3.8, 4) is 0 Å². The summed E-state index contributed by atoms with van der Waals surface area (Å²) >= 11 is 0. The second-order valence-electron chi connectivity index (χ2n) is 11.1. The molecule has 1 aromatic carbocycles. The summed E-state index contributed by atoms with van der Waals surface area (Å²) in [6.45, 7) is 6.25. The van der Waals surface area contributed by atoms with Gasteiger partial charge in [-0.2, -0.15) is 0 Å². The molecule has 3 atom stereocenters. The van der Waals surface area contributed by atoms with Crippen LogP contribution in [0.15, 0.2) is 35.1 Å². The van der Waals surface area contributed by atoms with Crippen LogP contribution in [0.25, 0.3) is 10.9 Å². The number of ether oxygens (including phenoxy) is 2. The average Bonchev–Trinajstić information content (AvgIpc) is 3.12. The Hall–Kier alpha value is -2.79. The summed E-state index contributed by atoms with van der Waals surface area (Å²) in [4.78, 5) is 42.6. The van der Waals surface area contributed by atoms with Crippen LogP contribution in [-0.2, 0) is 14.3 Å². The molecule has 214 valence electrons. The van der Waals surface area contributed by atoms with Gasteiger partial charge in [0.1, 0.15) is 5.56 Å². The normalized spacial score (nSPS) is 22.0.